The summed E-state index contributed by atoms with van der Waals surface area (Å²) >= 11 is 1.66. The Morgan fingerprint density at radius 3 is 2.61 bits per heavy atom. The molecular formula is C11H19N3O2S2. The van der Waals surface area contributed by atoms with E-state index < -0.39 is 10.0 Å². The van der Waals surface area contributed by atoms with Crippen molar-refractivity contribution < 1.29 is 8.42 Å². The molecule has 18 heavy (non-hydrogen) atoms. The molecule has 2 heterocycles. The topological polar surface area (TPSA) is 55.2 Å². The number of rotatable bonds is 3. The van der Waals surface area contributed by atoms with Crippen LogP contribution in [0.2, 0.25) is 0 Å². The van der Waals surface area contributed by atoms with Crippen LogP contribution in [-0.4, -0.2) is 39.9 Å². The van der Waals surface area contributed by atoms with Crippen molar-refractivity contribution >= 4 is 21.8 Å². The minimum Gasteiger partial charge on any atom is -0.336 e. The average molecular weight is 289 g/mol. The van der Waals surface area contributed by atoms with Crippen molar-refractivity contribution in [3.8, 4) is 0 Å². The van der Waals surface area contributed by atoms with Crippen LogP contribution in [0, 0.1) is 0 Å². The Kier molecular flexibility index (Phi) is 3.75. The van der Waals surface area contributed by atoms with Crippen molar-refractivity contribution in [3.05, 3.63) is 12.0 Å². The van der Waals surface area contributed by atoms with Crippen LogP contribution < -0.4 is 0 Å². The number of hydrogen-bond donors (Lipinski definition) is 0. The summed E-state index contributed by atoms with van der Waals surface area (Å²) in [5, 5.41) is 0.169. The molecule has 0 bridgehead atoms. The van der Waals surface area contributed by atoms with E-state index in [4.69, 9.17) is 0 Å². The lowest BCUT2D eigenvalue weighted by Gasteiger charge is -2.18. The third-order valence-corrected chi connectivity index (χ3v) is 6.19. The number of hydrogen-bond acceptors (Lipinski definition) is 4. The van der Waals surface area contributed by atoms with Crippen LogP contribution >= 0.6 is 11.8 Å². The SMILES string of the molecule is CC(C)c1nc(S(=O)(=O)N2CCSC2C)cn1C. The molecule has 0 saturated carbocycles. The summed E-state index contributed by atoms with van der Waals surface area (Å²) in [6.45, 7) is 6.50. The Bertz CT molecular complexity index is 536. The van der Waals surface area contributed by atoms with E-state index in [1.54, 1.807) is 22.5 Å². The van der Waals surface area contributed by atoms with Crippen LogP contribution in [-0.2, 0) is 17.1 Å². The summed E-state index contributed by atoms with van der Waals surface area (Å²) in [6.07, 6.45) is 1.61. The molecular weight excluding hydrogens is 270 g/mol. The third-order valence-electron chi connectivity index (χ3n) is 3.06. The second-order valence-electron chi connectivity index (χ2n) is 4.79. The van der Waals surface area contributed by atoms with Gasteiger partial charge in [0.2, 0.25) is 0 Å². The number of nitrogens with zero attached hydrogens (tertiary/aromatic N) is 3. The molecule has 1 aromatic rings. The first-order chi connectivity index (χ1) is 8.34. The molecule has 1 fully saturated rings. The van der Waals surface area contributed by atoms with E-state index in [2.05, 4.69) is 4.98 Å². The van der Waals surface area contributed by atoms with Crippen molar-refractivity contribution in [2.24, 2.45) is 7.05 Å². The van der Waals surface area contributed by atoms with Crippen LogP contribution in [0.25, 0.3) is 0 Å². The molecule has 1 unspecified atom stereocenters. The Labute approximate surface area is 113 Å². The minimum atomic E-state index is -3.44. The first kappa shape index (κ1) is 13.9. The fourth-order valence-electron chi connectivity index (χ4n) is 2.13. The van der Waals surface area contributed by atoms with E-state index in [0.29, 0.717) is 6.54 Å². The molecule has 0 radical (unpaired) electrons. The van der Waals surface area contributed by atoms with Crippen LogP contribution in [0.5, 0.6) is 0 Å². The van der Waals surface area contributed by atoms with Gasteiger partial charge in [0.15, 0.2) is 5.03 Å². The van der Waals surface area contributed by atoms with Crippen molar-refractivity contribution in [3.63, 3.8) is 0 Å². The lowest BCUT2D eigenvalue weighted by atomic mass is 10.2. The van der Waals surface area contributed by atoms with E-state index in [9.17, 15) is 8.42 Å². The molecule has 1 saturated heterocycles. The van der Waals surface area contributed by atoms with Crippen LogP contribution in [0.1, 0.15) is 32.5 Å². The molecule has 1 aliphatic heterocycles. The smallest absolute Gasteiger partial charge is 0.263 e. The molecule has 0 aromatic carbocycles. The first-order valence-corrected chi connectivity index (χ1v) is 8.49. The van der Waals surface area contributed by atoms with Crippen LogP contribution in [0.4, 0.5) is 0 Å². The van der Waals surface area contributed by atoms with E-state index in [-0.39, 0.29) is 16.3 Å². The molecule has 1 aliphatic rings. The maximum atomic E-state index is 12.5. The number of imidazole rings is 1. The van der Waals surface area contributed by atoms with E-state index >= 15 is 0 Å². The zero-order chi connectivity index (χ0) is 13.5. The highest BCUT2D eigenvalue weighted by Crippen LogP contribution is 2.29. The van der Waals surface area contributed by atoms with Gasteiger partial charge in [-0.3, -0.25) is 0 Å². The summed E-state index contributed by atoms with van der Waals surface area (Å²) in [4.78, 5) is 4.28. The fourth-order valence-corrected chi connectivity index (χ4v) is 5.14. The van der Waals surface area contributed by atoms with Gasteiger partial charge in [-0.05, 0) is 6.92 Å². The number of aromatic nitrogens is 2. The summed E-state index contributed by atoms with van der Waals surface area (Å²) in [5.41, 5.74) is 0. The summed E-state index contributed by atoms with van der Waals surface area (Å²) < 4.78 is 28.3. The van der Waals surface area contributed by atoms with Crippen molar-refractivity contribution in [1.82, 2.24) is 13.9 Å². The van der Waals surface area contributed by atoms with Gasteiger partial charge in [-0.1, -0.05) is 13.8 Å². The van der Waals surface area contributed by atoms with Gasteiger partial charge < -0.3 is 4.57 Å². The van der Waals surface area contributed by atoms with Gasteiger partial charge in [-0.15, -0.1) is 11.8 Å². The zero-order valence-corrected chi connectivity index (χ0v) is 12.8. The maximum Gasteiger partial charge on any atom is 0.263 e. The highest BCUT2D eigenvalue weighted by molar-refractivity contribution is 8.01. The predicted octanol–water partition coefficient (Wildman–Crippen LogP) is 1.63. The van der Waals surface area contributed by atoms with Gasteiger partial charge in [0, 0.05) is 31.5 Å². The van der Waals surface area contributed by atoms with Gasteiger partial charge in [0.25, 0.3) is 10.0 Å². The van der Waals surface area contributed by atoms with E-state index in [1.165, 1.54) is 4.31 Å². The minimum absolute atomic E-state index is 0.000457. The summed E-state index contributed by atoms with van der Waals surface area (Å²) in [5.74, 6) is 1.86. The standard InChI is InChI=1S/C11H19N3O2S2/c1-8(2)11-12-10(7-13(11)4)18(15,16)14-5-6-17-9(14)3/h7-9H,5-6H2,1-4H3. The van der Waals surface area contributed by atoms with E-state index in [1.807, 2.05) is 27.8 Å². The van der Waals surface area contributed by atoms with Gasteiger partial charge in [-0.2, -0.15) is 4.31 Å². The van der Waals surface area contributed by atoms with Crippen molar-refractivity contribution in [1.29, 1.82) is 0 Å². The van der Waals surface area contributed by atoms with Crippen LogP contribution in [0.3, 0.4) is 0 Å². The molecule has 5 nitrogen and oxygen atoms in total. The zero-order valence-electron chi connectivity index (χ0n) is 11.1. The maximum absolute atomic E-state index is 12.5. The Morgan fingerprint density at radius 1 is 1.50 bits per heavy atom. The number of aryl methyl sites for hydroxylation is 1. The van der Waals surface area contributed by atoms with E-state index in [0.717, 1.165) is 11.6 Å². The van der Waals surface area contributed by atoms with Gasteiger partial charge in [0.05, 0.1) is 5.37 Å². The van der Waals surface area contributed by atoms with Gasteiger partial charge >= 0.3 is 0 Å². The van der Waals surface area contributed by atoms with Gasteiger partial charge in [-0.25, -0.2) is 13.4 Å². The molecule has 0 amide bonds. The van der Waals surface area contributed by atoms with Crippen LogP contribution in [0.15, 0.2) is 11.2 Å². The lowest BCUT2D eigenvalue weighted by Crippen LogP contribution is -2.33. The molecule has 1 aromatic heterocycles. The normalized spacial score (nSPS) is 21.9. The van der Waals surface area contributed by atoms with Crippen molar-refractivity contribution in [2.45, 2.75) is 37.1 Å². The summed E-state index contributed by atoms with van der Waals surface area (Å²) in [7, 11) is -1.61. The molecule has 102 valence electrons. The predicted molar refractivity (Wildman–Crippen MR) is 73.1 cm³/mol. The Balaban J connectivity index is 2.39. The monoisotopic (exact) mass is 289 g/mol. The highest BCUT2D eigenvalue weighted by atomic mass is 32.2. The van der Waals surface area contributed by atoms with Gasteiger partial charge in [0.1, 0.15) is 5.82 Å². The third kappa shape index (κ3) is 2.31. The average Bonchev–Trinajstić information content (AvgIpc) is 2.84. The summed E-state index contributed by atoms with van der Waals surface area (Å²) in [6, 6.07) is 0. The first-order valence-electron chi connectivity index (χ1n) is 6.00. The fraction of sp³-hybridized carbons (Fsp3) is 0.727. The molecule has 0 aliphatic carbocycles. The molecule has 1 atom stereocenters. The molecule has 0 N–H and O–H groups in total. The van der Waals surface area contributed by atoms with Crippen molar-refractivity contribution in [2.75, 3.05) is 12.3 Å². The Morgan fingerprint density at radius 2 is 2.17 bits per heavy atom. The Hall–Kier alpha value is -0.530. The quantitative estimate of drug-likeness (QED) is 0.848. The molecule has 7 heteroatoms. The lowest BCUT2D eigenvalue weighted by molar-refractivity contribution is 0.439. The molecule has 2 rings (SSSR count). The second kappa shape index (κ2) is 4.86. The molecule has 0 spiro atoms. The largest absolute Gasteiger partial charge is 0.336 e. The number of sulfonamides is 1. The highest BCUT2D eigenvalue weighted by Gasteiger charge is 2.35. The second-order valence-corrected chi connectivity index (χ2v) is 8.05. The number of thioether (sulfide) groups is 1.